The molecule has 0 aliphatic rings. The van der Waals surface area contributed by atoms with Crippen molar-refractivity contribution in [3.8, 4) is 5.75 Å². The molecule has 18 heavy (non-hydrogen) atoms. The molecule has 1 heterocycles. The van der Waals surface area contributed by atoms with Crippen LogP contribution in [0.5, 0.6) is 5.75 Å². The quantitative estimate of drug-likeness (QED) is 0.863. The summed E-state index contributed by atoms with van der Waals surface area (Å²) in [6.45, 7) is 3.18. The number of aryl methyl sites for hydroxylation is 1. The summed E-state index contributed by atoms with van der Waals surface area (Å²) in [6, 6.07) is 7.76. The fourth-order valence-electron chi connectivity index (χ4n) is 1.43. The molecule has 0 aliphatic heterocycles. The van der Waals surface area contributed by atoms with Crippen LogP contribution in [0.2, 0.25) is 0 Å². The van der Waals surface area contributed by atoms with Crippen LogP contribution in [0.4, 0.5) is 5.82 Å². The summed E-state index contributed by atoms with van der Waals surface area (Å²) in [7, 11) is 0. The van der Waals surface area contributed by atoms with Crippen molar-refractivity contribution in [1.82, 2.24) is 9.97 Å². The van der Waals surface area contributed by atoms with Crippen LogP contribution < -0.4 is 10.1 Å². The molecule has 0 saturated carbocycles. The van der Waals surface area contributed by atoms with Crippen molar-refractivity contribution in [3.63, 3.8) is 0 Å². The number of nitrogens with one attached hydrogen (secondary N) is 1. The number of benzene rings is 1. The van der Waals surface area contributed by atoms with Crippen LogP contribution in [0.15, 0.2) is 41.1 Å². The van der Waals surface area contributed by atoms with E-state index in [9.17, 15) is 0 Å². The van der Waals surface area contributed by atoms with Gasteiger partial charge in [0.2, 0.25) is 0 Å². The Hall–Kier alpha value is -1.62. The van der Waals surface area contributed by atoms with Crippen LogP contribution in [-0.4, -0.2) is 23.1 Å². The van der Waals surface area contributed by atoms with Crippen LogP contribution in [0.25, 0.3) is 0 Å². The maximum Gasteiger partial charge on any atom is 0.144 e. The number of ether oxygens (including phenoxy) is 1. The molecule has 0 atom stereocenters. The second kappa shape index (κ2) is 6.35. The lowest BCUT2D eigenvalue weighted by atomic mass is 10.3. The van der Waals surface area contributed by atoms with Crippen LogP contribution >= 0.6 is 15.9 Å². The van der Waals surface area contributed by atoms with E-state index >= 15 is 0 Å². The first-order valence-corrected chi connectivity index (χ1v) is 6.44. The zero-order valence-corrected chi connectivity index (χ0v) is 11.6. The van der Waals surface area contributed by atoms with Gasteiger partial charge in [0, 0.05) is 10.7 Å². The van der Waals surface area contributed by atoms with Crippen molar-refractivity contribution in [2.45, 2.75) is 6.92 Å². The van der Waals surface area contributed by atoms with Crippen molar-refractivity contribution >= 4 is 21.7 Å². The van der Waals surface area contributed by atoms with Gasteiger partial charge in [0.15, 0.2) is 0 Å². The normalized spacial score (nSPS) is 10.1. The molecule has 1 aromatic carbocycles. The number of aromatic nitrogens is 2. The molecule has 4 nitrogen and oxygen atoms in total. The fourth-order valence-corrected chi connectivity index (χ4v) is 1.69. The van der Waals surface area contributed by atoms with Gasteiger partial charge in [0.1, 0.15) is 18.2 Å². The van der Waals surface area contributed by atoms with Gasteiger partial charge < -0.3 is 10.1 Å². The molecular weight excluding hydrogens is 294 g/mol. The zero-order valence-electron chi connectivity index (χ0n) is 10.1. The Kier molecular flexibility index (Phi) is 4.52. The first kappa shape index (κ1) is 12.8. The molecule has 0 aliphatic carbocycles. The van der Waals surface area contributed by atoms with Gasteiger partial charge in [-0.1, -0.05) is 15.9 Å². The van der Waals surface area contributed by atoms with Crippen LogP contribution in [0, 0.1) is 6.92 Å². The van der Waals surface area contributed by atoms with Gasteiger partial charge in [-0.2, -0.15) is 0 Å². The summed E-state index contributed by atoms with van der Waals surface area (Å²) in [4.78, 5) is 8.35. The molecule has 0 unspecified atom stereocenters. The topological polar surface area (TPSA) is 47.0 Å². The Bertz CT molecular complexity index is 502. The Balaban J connectivity index is 1.74. The maximum absolute atomic E-state index is 5.58. The molecule has 94 valence electrons. The minimum absolute atomic E-state index is 0.581. The van der Waals surface area contributed by atoms with E-state index < -0.39 is 0 Å². The molecule has 0 radical (unpaired) electrons. The Morgan fingerprint density at radius 1 is 1.22 bits per heavy atom. The summed E-state index contributed by atoms with van der Waals surface area (Å²) in [5.41, 5.74) is 0.897. The van der Waals surface area contributed by atoms with Crippen molar-refractivity contribution in [1.29, 1.82) is 0 Å². The van der Waals surface area contributed by atoms with Crippen LogP contribution in [-0.2, 0) is 0 Å². The van der Waals surface area contributed by atoms with Crippen LogP contribution in [0.3, 0.4) is 0 Å². The highest BCUT2D eigenvalue weighted by molar-refractivity contribution is 9.10. The van der Waals surface area contributed by atoms with Crippen molar-refractivity contribution in [3.05, 3.63) is 46.8 Å². The number of nitrogens with zero attached hydrogens (tertiary/aromatic N) is 2. The maximum atomic E-state index is 5.58. The monoisotopic (exact) mass is 307 g/mol. The van der Waals surface area contributed by atoms with Crippen LogP contribution in [0.1, 0.15) is 5.69 Å². The van der Waals surface area contributed by atoms with Crippen molar-refractivity contribution in [2.75, 3.05) is 18.5 Å². The smallest absolute Gasteiger partial charge is 0.144 e. The molecule has 1 aromatic heterocycles. The Morgan fingerprint density at radius 3 is 2.72 bits per heavy atom. The number of halogens is 1. The minimum Gasteiger partial charge on any atom is -0.492 e. The molecular formula is C13H14BrN3O. The zero-order chi connectivity index (χ0) is 12.8. The molecule has 2 aromatic rings. The number of hydrogen-bond acceptors (Lipinski definition) is 4. The highest BCUT2D eigenvalue weighted by Gasteiger charge is 1.96. The third-order valence-corrected chi connectivity index (χ3v) is 2.77. The minimum atomic E-state index is 0.581. The van der Waals surface area contributed by atoms with E-state index in [1.54, 1.807) is 12.4 Å². The highest BCUT2D eigenvalue weighted by atomic mass is 79.9. The standard InChI is InChI=1S/C13H14BrN3O/c1-10-8-15-9-13(17-10)16-6-7-18-12-4-2-11(14)3-5-12/h2-5,8-9H,6-7H2,1H3,(H,16,17). The third-order valence-electron chi connectivity index (χ3n) is 2.25. The van der Waals surface area contributed by atoms with Gasteiger partial charge in [0.05, 0.1) is 18.4 Å². The lowest BCUT2D eigenvalue weighted by Crippen LogP contribution is -2.12. The van der Waals surface area contributed by atoms with E-state index in [1.807, 2.05) is 31.2 Å². The molecule has 0 saturated heterocycles. The largest absolute Gasteiger partial charge is 0.492 e. The van der Waals surface area contributed by atoms with Gasteiger partial charge in [-0.05, 0) is 31.2 Å². The van der Waals surface area contributed by atoms with E-state index in [2.05, 4.69) is 31.2 Å². The first-order chi connectivity index (χ1) is 8.74. The van der Waals surface area contributed by atoms with Gasteiger partial charge in [0.25, 0.3) is 0 Å². The van der Waals surface area contributed by atoms with E-state index in [4.69, 9.17) is 4.74 Å². The second-order valence-corrected chi connectivity index (χ2v) is 4.69. The summed E-state index contributed by atoms with van der Waals surface area (Å²) < 4.78 is 6.63. The summed E-state index contributed by atoms with van der Waals surface area (Å²) >= 11 is 3.38. The molecule has 5 heteroatoms. The average molecular weight is 308 g/mol. The van der Waals surface area contributed by atoms with E-state index in [1.165, 1.54) is 0 Å². The van der Waals surface area contributed by atoms with E-state index in [0.717, 1.165) is 21.7 Å². The Morgan fingerprint density at radius 2 is 2.00 bits per heavy atom. The van der Waals surface area contributed by atoms with Gasteiger partial charge in [-0.25, -0.2) is 4.98 Å². The van der Waals surface area contributed by atoms with E-state index in [0.29, 0.717) is 13.2 Å². The van der Waals surface area contributed by atoms with Crippen molar-refractivity contribution < 1.29 is 4.74 Å². The molecule has 0 spiro atoms. The molecule has 0 fully saturated rings. The van der Waals surface area contributed by atoms with Gasteiger partial charge in [-0.15, -0.1) is 0 Å². The highest BCUT2D eigenvalue weighted by Crippen LogP contribution is 2.15. The molecule has 2 rings (SSSR count). The number of anilines is 1. The molecule has 0 amide bonds. The van der Waals surface area contributed by atoms with Gasteiger partial charge >= 0.3 is 0 Å². The fraction of sp³-hybridized carbons (Fsp3) is 0.231. The lowest BCUT2D eigenvalue weighted by Gasteiger charge is -2.08. The van der Waals surface area contributed by atoms with E-state index in [-0.39, 0.29) is 0 Å². The Labute approximate surface area is 115 Å². The van der Waals surface area contributed by atoms with Gasteiger partial charge in [-0.3, -0.25) is 4.98 Å². The summed E-state index contributed by atoms with van der Waals surface area (Å²) in [5, 5.41) is 3.16. The predicted octanol–water partition coefficient (Wildman–Crippen LogP) is 3.04. The SMILES string of the molecule is Cc1cncc(NCCOc2ccc(Br)cc2)n1. The predicted molar refractivity (Wildman–Crippen MR) is 74.9 cm³/mol. The van der Waals surface area contributed by atoms with Crippen molar-refractivity contribution in [2.24, 2.45) is 0 Å². The third kappa shape index (κ3) is 4.00. The summed E-state index contributed by atoms with van der Waals surface area (Å²) in [5.74, 6) is 1.63. The second-order valence-electron chi connectivity index (χ2n) is 3.77. The molecule has 1 N–H and O–H groups in total. The first-order valence-electron chi connectivity index (χ1n) is 5.65. The lowest BCUT2D eigenvalue weighted by molar-refractivity contribution is 0.332. The average Bonchev–Trinajstić information content (AvgIpc) is 2.37. The summed E-state index contributed by atoms with van der Waals surface area (Å²) in [6.07, 6.45) is 3.43. The molecule has 0 bridgehead atoms. The number of rotatable bonds is 5. The number of hydrogen-bond donors (Lipinski definition) is 1.